The average molecular weight is 312 g/mol. The standard InChI is InChI=1S/C24H24/c1-2-8-17(9-3-1)23-16-19-11-5-7-13-21(19)24(23)22-15-14-18-10-4-6-12-20(18)22/h4-7,10-17,22,24H,1-3,8-9H2. The Morgan fingerprint density at radius 2 is 1.42 bits per heavy atom. The summed E-state index contributed by atoms with van der Waals surface area (Å²) in [7, 11) is 0. The molecule has 2 atom stereocenters. The fraction of sp³-hybridized carbons (Fsp3) is 0.333. The van der Waals surface area contributed by atoms with Crippen LogP contribution in [0.4, 0.5) is 0 Å². The van der Waals surface area contributed by atoms with E-state index in [4.69, 9.17) is 0 Å². The number of hydrogen-bond donors (Lipinski definition) is 0. The van der Waals surface area contributed by atoms with E-state index >= 15 is 0 Å². The van der Waals surface area contributed by atoms with Gasteiger partial charge in [0.25, 0.3) is 0 Å². The van der Waals surface area contributed by atoms with Crippen molar-refractivity contribution in [3.8, 4) is 0 Å². The minimum absolute atomic E-state index is 0.512. The van der Waals surface area contributed by atoms with Crippen molar-refractivity contribution in [2.45, 2.75) is 43.9 Å². The third kappa shape index (κ3) is 2.20. The van der Waals surface area contributed by atoms with Gasteiger partial charge in [-0.1, -0.05) is 91.6 Å². The van der Waals surface area contributed by atoms with Gasteiger partial charge in [-0.25, -0.2) is 0 Å². The summed E-state index contributed by atoms with van der Waals surface area (Å²) in [4.78, 5) is 0. The van der Waals surface area contributed by atoms with Gasteiger partial charge < -0.3 is 0 Å². The molecule has 0 spiro atoms. The Hall–Kier alpha value is -2.08. The maximum atomic E-state index is 2.53. The van der Waals surface area contributed by atoms with Crippen molar-refractivity contribution < 1.29 is 0 Å². The zero-order valence-electron chi connectivity index (χ0n) is 14.1. The van der Waals surface area contributed by atoms with Crippen LogP contribution in [0.15, 0.2) is 60.2 Å². The Balaban J connectivity index is 1.59. The maximum Gasteiger partial charge on any atom is 0.0164 e. The first kappa shape index (κ1) is 14.3. The highest BCUT2D eigenvalue weighted by atomic mass is 14.4. The summed E-state index contributed by atoms with van der Waals surface area (Å²) in [6.07, 6.45) is 14.3. The monoisotopic (exact) mass is 312 g/mol. The minimum atomic E-state index is 0.512. The molecule has 0 nitrogen and oxygen atoms in total. The van der Waals surface area contributed by atoms with Gasteiger partial charge in [0, 0.05) is 11.8 Å². The van der Waals surface area contributed by atoms with Gasteiger partial charge in [0.1, 0.15) is 0 Å². The first-order valence-corrected chi connectivity index (χ1v) is 9.49. The fourth-order valence-corrected chi connectivity index (χ4v) is 5.15. The predicted octanol–water partition coefficient (Wildman–Crippen LogP) is 6.56. The molecule has 2 aromatic rings. The van der Waals surface area contributed by atoms with Crippen LogP contribution < -0.4 is 0 Å². The molecular formula is C24H24. The molecule has 120 valence electrons. The summed E-state index contributed by atoms with van der Waals surface area (Å²) in [6, 6.07) is 18.0. The molecule has 0 aliphatic heterocycles. The van der Waals surface area contributed by atoms with E-state index in [0.717, 1.165) is 5.92 Å². The summed E-state index contributed by atoms with van der Waals surface area (Å²) in [5.74, 6) is 1.85. The van der Waals surface area contributed by atoms with E-state index in [-0.39, 0.29) is 0 Å². The van der Waals surface area contributed by atoms with Crippen LogP contribution in [0.5, 0.6) is 0 Å². The van der Waals surface area contributed by atoms with Crippen LogP contribution in [-0.2, 0) is 0 Å². The van der Waals surface area contributed by atoms with Gasteiger partial charge in [-0.2, -0.15) is 0 Å². The molecule has 1 fully saturated rings. The van der Waals surface area contributed by atoms with Gasteiger partial charge in [-0.3, -0.25) is 0 Å². The number of rotatable bonds is 2. The van der Waals surface area contributed by atoms with E-state index in [9.17, 15) is 0 Å². The molecule has 0 bridgehead atoms. The second-order valence-electron chi connectivity index (χ2n) is 7.60. The first-order valence-electron chi connectivity index (χ1n) is 9.49. The van der Waals surface area contributed by atoms with E-state index in [0.29, 0.717) is 11.8 Å². The molecule has 0 saturated heterocycles. The summed E-state index contributed by atoms with van der Waals surface area (Å²) < 4.78 is 0. The van der Waals surface area contributed by atoms with Crippen molar-refractivity contribution >= 4 is 12.2 Å². The van der Waals surface area contributed by atoms with Gasteiger partial charge >= 0.3 is 0 Å². The van der Waals surface area contributed by atoms with E-state index in [1.165, 1.54) is 48.8 Å². The normalized spacial score (nSPS) is 25.4. The number of allylic oxidation sites excluding steroid dienone is 2. The second-order valence-corrected chi connectivity index (χ2v) is 7.60. The van der Waals surface area contributed by atoms with Crippen LogP contribution in [0.3, 0.4) is 0 Å². The molecule has 0 radical (unpaired) electrons. The Labute approximate surface area is 144 Å². The van der Waals surface area contributed by atoms with Crippen LogP contribution in [0.2, 0.25) is 0 Å². The van der Waals surface area contributed by atoms with Gasteiger partial charge in [-0.15, -0.1) is 0 Å². The Morgan fingerprint density at radius 3 is 2.25 bits per heavy atom. The van der Waals surface area contributed by atoms with E-state index < -0.39 is 0 Å². The molecule has 2 aromatic carbocycles. The number of fused-ring (bicyclic) bond motifs is 2. The minimum Gasteiger partial charge on any atom is -0.0754 e. The van der Waals surface area contributed by atoms with Gasteiger partial charge in [0.2, 0.25) is 0 Å². The second kappa shape index (κ2) is 5.77. The summed E-state index contributed by atoms with van der Waals surface area (Å²) >= 11 is 0. The Morgan fingerprint density at radius 1 is 0.708 bits per heavy atom. The predicted molar refractivity (Wildman–Crippen MR) is 102 cm³/mol. The topological polar surface area (TPSA) is 0 Å². The van der Waals surface area contributed by atoms with E-state index in [1.807, 2.05) is 0 Å². The van der Waals surface area contributed by atoms with Crippen LogP contribution in [-0.4, -0.2) is 0 Å². The highest BCUT2D eigenvalue weighted by Crippen LogP contribution is 2.53. The molecule has 0 aromatic heterocycles. The molecular weight excluding hydrogens is 288 g/mol. The van der Waals surface area contributed by atoms with Crippen LogP contribution in [0, 0.1) is 5.92 Å². The van der Waals surface area contributed by atoms with Crippen LogP contribution in [0.1, 0.15) is 66.2 Å². The van der Waals surface area contributed by atoms with Crippen LogP contribution >= 0.6 is 0 Å². The van der Waals surface area contributed by atoms with E-state index in [2.05, 4.69) is 66.8 Å². The molecule has 3 aliphatic rings. The van der Waals surface area contributed by atoms with Crippen molar-refractivity contribution in [2.75, 3.05) is 0 Å². The molecule has 0 N–H and O–H groups in total. The quantitative estimate of drug-likeness (QED) is 0.589. The Kier molecular flexibility index (Phi) is 3.43. The lowest BCUT2D eigenvalue weighted by Gasteiger charge is -2.31. The first-order chi connectivity index (χ1) is 11.9. The van der Waals surface area contributed by atoms with E-state index in [1.54, 1.807) is 11.1 Å². The SMILES string of the molecule is C1=CC(C2C(C3CCCCC3)=Cc3ccccc32)c2ccccc21. The van der Waals surface area contributed by atoms with Crippen molar-refractivity contribution in [2.24, 2.45) is 5.92 Å². The molecule has 0 heteroatoms. The van der Waals surface area contributed by atoms with Crippen molar-refractivity contribution in [3.63, 3.8) is 0 Å². The molecule has 5 rings (SSSR count). The van der Waals surface area contributed by atoms with Gasteiger partial charge in [0.15, 0.2) is 0 Å². The molecule has 0 amide bonds. The molecule has 24 heavy (non-hydrogen) atoms. The van der Waals surface area contributed by atoms with Crippen molar-refractivity contribution in [1.82, 2.24) is 0 Å². The molecule has 1 saturated carbocycles. The highest BCUT2D eigenvalue weighted by Gasteiger charge is 2.37. The highest BCUT2D eigenvalue weighted by molar-refractivity contribution is 5.72. The number of benzene rings is 2. The summed E-state index contributed by atoms with van der Waals surface area (Å²) in [5, 5.41) is 0. The smallest absolute Gasteiger partial charge is 0.0164 e. The maximum absolute atomic E-state index is 2.53. The Bertz CT molecular complexity index is 817. The molecule has 3 aliphatic carbocycles. The summed E-state index contributed by atoms with van der Waals surface area (Å²) in [6.45, 7) is 0. The molecule has 0 heterocycles. The summed E-state index contributed by atoms with van der Waals surface area (Å²) in [5.41, 5.74) is 7.64. The zero-order chi connectivity index (χ0) is 15.9. The molecule has 2 unspecified atom stereocenters. The average Bonchev–Trinajstić information content (AvgIpc) is 3.23. The van der Waals surface area contributed by atoms with Crippen LogP contribution in [0.25, 0.3) is 12.2 Å². The van der Waals surface area contributed by atoms with Crippen molar-refractivity contribution in [1.29, 1.82) is 0 Å². The lowest BCUT2D eigenvalue weighted by molar-refractivity contribution is 0.387. The van der Waals surface area contributed by atoms with Gasteiger partial charge in [0.05, 0.1) is 0 Å². The number of hydrogen-bond acceptors (Lipinski definition) is 0. The fourth-order valence-electron chi connectivity index (χ4n) is 5.15. The third-order valence-electron chi connectivity index (χ3n) is 6.29. The lowest BCUT2D eigenvalue weighted by atomic mass is 9.73. The zero-order valence-corrected chi connectivity index (χ0v) is 14.1. The largest absolute Gasteiger partial charge is 0.0754 e. The van der Waals surface area contributed by atoms with Gasteiger partial charge in [-0.05, 0) is 41.0 Å². The van der Waals surface area contributed by atoms with Crippen molar-refractivity contribution in [3.05, 3.63) is 82.4 Å². The third-order valence-corrected chi connectivity index (χ3v) is 6.29. The lowest BCUT2D eigenvalue weighted by Crippen LogP contribution is -2.17.